The molecular formula is C15H21ClN4. The summed E-state index contributed by atoms with van der Waals surface area (Å²) in [6.07, 6.45) is 0.827. The number of hydrogen-bond donors (Lipinski definition) is 1. The van der Waals surface area contributed by atoms with Crippen molar-refractivity contribution >= 4 is 23.1 Å². The average molecular weight is 293 g/mol. The summed E-state index contributed by atoms with van der Waals surface area (Å²) in [5, 5.41) is 5.23. The molecule has 2 rings (SSSR count). The average Bonchev–Trinajstić information content (AvgIpc) is 2.72. The van der Waals surface area contributed by atoms with Crippen LogP contribution in [0.5, 0.6) is 0 Å². The van der Waals surface area contributed by atoms with Crippen molar-refractivity contribution in [3.63, 3.8) is 0 Å². The summed E-state index contributed by atoms with van der Waals surface area (Å²) in [7, 11) is 3.93. The van der Waals surface area contributed by atoms with Gasteiger partial charge >= 0.3 is 0 Å². The van der Waals surface area contributed by atoms with Gasteiger partial charge in [-0.2, -0.15) is 5.10 Å². The number of benzene rings is 1. The molecule has 5 heteroatoms. The maximum atomic E-state index is 6.28. The zero-order chi connectivity index (χ0) is 14.9. The van der Waals surface area contributed by atoms with Gasteiger partial charge < -0.3 is 10.6 Å². The Morgan fingerprint density at radius 3 is 2.60 bits per heavy atom. The van der Waals surface area contributed by atoms with Crippen molar-refractivity contribution in [2.24, 2.45) is 7.05 Å². The van der Waals surface area contributed by atoms with Gasteiger partial charge in [0.1, 0.15) is 0 Å². The number of halogens is 1. The molecule has 20 heavy (non-hydrogen) atoms. The lowest BCUT2D eigenvalue weighted by Gasteiger charge is -2.28. The Kier molecular flexibility index (Phi) is 4.23. The summed E-state index contributed by atoms with van der Waals surface area (Å²) in [4.78, 5) is 2.11. The van der Waals surface area contributed by atoms with Crippen LogP contribution in [0.15, 0.2) is 24.3 Å². The highest BCUT2D eigenvalue weighted by Crippen LogP contribution is 2.33. The fourth-order valence-corrected chi connectivity index (χ4v) is 2.76. The summed E-state index contributed by atoms with van der Waals surface area (Å²) in [5.41, 5.74) is 8.97. The first-order valence-electron chi connectivity index (χ1n) is 6.76. The third-order valence-electron chi connectivity index (χ3n) is 3.73. The molecule has 0 bridgehead atoms. The first kappa shape index (κ1) is 14.7. The van der Waals surface area contributed by atoms with E-state index < -0.39 is 0 Å². The predicted octanol–water partition coefficient (Wildman–Crippen LogP) is 3.42. The summed E-state index contributed by atoms with van der Waals surface area (Å²) in [5.74, 6) is 0.925. The van der Waals surface area contributed by atoms with Gasteiger partial charge in [-0.25, -0.2) is 0 Å². The van der Waals surface area contributed by atoms with Crippen LogP contribution in [0.3, 0.4) is 0 Å². The monoisotopic (exact) mass is 292 g/mol. The molecule has 1 aromatic carbocycles. The molecule has 2 aromatic rings. The zero-order valence-electron chi connectivity index (χ0n) is 12.4. The number of anilines is 2. The SMILES string of the molecule is CCc1nn(C)c(N(C)C(C)c2ccccc2Cl)c1N. The van der Waals surface area contributed by atoms with E-state index in [1.54, 1.807) is 0 Å². The van der Waals surface area contributed by atoms with Gasteiger partial charge in [0.15, 0.2) is 5.82 Å². The van der Waals surface area contributed by atoms with E-state index in [9.17, 15) is 0 Å². The number of nitrogens with zero attached hydrogens (tertiary/aromatic N) is 3. The molecule has 0 saturated heterocycles. The number of rotatable bonds is 4. The molecule has 0 fully saturated rings. The lowest BCUT2D eigenvalue weighted by atomic mass is 10.1. The van der Waals surface area contributed by atoms with Gasteiger partial charge in [-0.15, -0.1) is 0 Å². The zero-order valence-corrected chi connectivity index (χ0v) is 13.1. The van der Waals surface area contributed by atoms with E-state index >= 15 is 0 Å². The molecule has 1 aromatic heterocycles. The smallest absolute Gasteiger partial charge is 0.150 e. The van der Waals surface area contributed by atoms with Crippen LogP contribution in [-0.2, 0) is 13.5 Å². The highest BCUT2D eigenvalue weighted by molar-refractivity contribution is 6.31. The van der Waals surface area contributed by atoms with Crippen LogP contribution in [0.2, 0.25) is 5.02 Å². The van der Waals surface area contributed by atoms with E-state index in [0.29, 0.717) is 0 Å². The van der Waals surface area contributed by atoms with E-state index in [0.717, 1.165) is 34.2 Å². The predicted molar refractivity (Wildman–Crippen MR) is 85.3 cm³/mol. The maximum absolute atomic E-state index is 6.28. The lowest BCUT2D eigenvalue weighted by Crippen LogP contribution is -2.25. The molecule has 0 spiro atoms. The molecule has 4 nitrogen and oxygen atoms in total. The quantitative estimate of drug-likeness (QED) is 0.939. The van der Waals surface area contributed by atoms with Crippen molar-refractivity contribution in [3.05, 3.63) is 40.5 Å². The second-order valence-electron chi connectivity index (χ2n) is 4.97. The molecule has 0 amide bonds. The minimum Gasteiger partial charge on any atom is -0.394 e. The Balaban J connectivity index is 2.39. The highest BCUT2D eigenvalue weighted by Gasteiger charge is 2.21. The summed E-state index contributed by atoms with van der Waals surface area (Å²) < 4.78 is 1.83. The molecule has 0 saturated carbocycles. The Morgan fingerprint density at radius 2 is 2.05 bits per heavy atom. The fraction of sp³-hybridized carbons (Fsp3) is 0.400. The number of nitrogen functional groups attached to an aromatic ring is 1. The van der Waals surface area contributed by atoms with E-state index in [1.807, 2.05) is 43.0 Å². The largest absolute Gasteiger partial charge is 0.394 e. The molecule has 0 aliphatic heterocycles. The Labute approximate surface area is 125 Å². The molecular weight excluding hydrogens is 272 g/mol. The topological polar surface area (TPSA) is 47.1 Å². The van der Waals surface area contributed by atoms with E-state index in [1.165, 1.54) is 0 Å². The van der Waals surface area contributed by atoms with Crippen molar-refractivity contribution in [2.45, 2.75) is 26.3 Å². The van der Waals surface area contributed by atoms with Crippen molar-refractivity contribution in [2.75, 3.05) is 17.7 Å². The molecule has 1 heterocycles. The molecule has 2 N–H and O–H groups in total. The molecule has 0 aliphatic rings. The van der Waals surface area contributed by atoms with Crippen LogP contribution in [0.4, 0.5) is 11.5 Å². The normalized spacial score (nSPS) is 12.4. The van der Waals surface area contributed by atoms with Gasteiger partial charge in [0.2, 0.25) is 0 Å². The van der Waals surface area contributed by atoms with Crippen molar-refractivity contribution < 1.29 is 0 Å². The number of aromatic nitrogens is 2. The standard InChI is InChI=1S/C15H21ClN4/c1-5-13-14(17)15(20(4)18-13)19(3)10(2)11-8-6-7-9-12(11)16/h6-10H,5,17H2,1-4H3. The van der Waals surface area contributed by atoms with Crippen molar-refractivity contribution in [3.8, 4) is 0 Å². The second kappa shape index (κ2) is 5.75. The van der Waals surface area contributed by atoms with Gasteiger partial charge in [0.25, 0.3) is 0 Å². The van der Waals surface area contributed by atoms with Crippen LogP contribution in [0, 0.1) is 0 Å². The molecule has 1 unspecified atom stereocenters. The Morgan fingerprint density at radius 1 is 1.40 bits per heavy atom. The maximum Gasteiger partial charge on any atom is 0.150 e. The van der Waals surface area contributed by atoms with Crippen LogP contribution in [0.25, 0.3) is 0 Å². The second-order valence-corrected chi connectivity index (χ2v) is 5.38. The molecule has 0 aliphatic carbocycles. The Hall–Kier alpha value is -1.68. The lowest BCUT2D eigenvalue weighted by molar-refractivity contribution is 0.671. The number of aryl methyl sites for hydroxylation is 2. The van der Waals surface area contributed by atoms with Gasteiger partial charge in [-0.1, -0.05) is 36.7 Å². The van der Waals surface area contributed by atoms with E-state index in [2.05, 4.69) is 23.8 Å². The van der Waals surface area contributed by atoms with Crippen molar-refractivity contribution in [1.29, 1.82) is 0 Å². The van der Waals surface area contributed by atoms with Crippen LogP contribution in [-0.4, -0.2) is 16.8 Å². The minimum atomic E-state index is 0.117. The van der Waals surface area contributed by atoms with Gasteiger partial charge in [0.05, 0.1) is 17.4 Å². The summed E-state index contributed by atoms with van der Waals surface area (Å²) >= 11 is 6.28. The van der Waals surface area contributed by atoms with Crippen LogP contribution in [0.1, 0.15) is 31.1 Å². The fourth-order valence-electron chi connectivity index (χ4n) is 2.47. The van der Waals surface area contributed by atoms with E-state index in [4.69, 9.17) is 17.3 Å². The highest BCUT2D eigenvalue weighted by atomic mass is 35.5. The van der Waals surface area contributed by atoms with Crippen LogP contribution < -0.4 is 10.6 Å². The third-order valence-corrected chi connectivity index (χ3v) is 4.08. The Bertz CT molecular complexity index is 606. The molecule has 1 atom stereocenters. The van der Waals surface area contributed by atoms with Crippen molar-refractivity contribution in [1.82, 2.24) is 9.78 Å². The van der Waals surface area contributed by atoms with Crippen LogP contribution >= 0.6 is 11.6 Å². The molecule has 0 radical (unpaired) electrons. The summed E-state index contributed by atoms with van der Waals surface area (Å²) in [6, 6.07) is 8.00. The minimum absolute atomic E-state index is 0.117. The third kappa shape index (κ3) is 2.48. The number of nitrogens with two attached hydrogens (primary N) is 1. The first-order chi connectivity index (χ1) is 9.47. The first-order valence-corrected chi connectivity index (χ1v) is 7.13. The molecule has 108 valence electrons. The van der Waals surface area contributed by atoms with Gasteiger partial charge in [0, 0.05) is 19.1 Å². The summed E-state index contributed by atoms with van der Waals surface area (Å²) in [6.45, 7) is 4.17. The number of hydrogen-bond acceptors (Lipinski definition) is 3. The van der Waals surface area contributed by atoms with Gasteiger partial charge in [-0.05, 0) is 25.0 Å². The van der Waals surface area contributed by atoms with Gasteiger partial charge in [-0.3, -0.25) is 4.68 Å². The van der Waals surface area contributed by atoms with E-state index in [-0.39, 0.29) is 6.04 Å².